The molecule has 24 heavy (non-hydrogen) atoms. The molecule has 2 aromatic carbocycles. The third-order valence-corrected chi connectivity index (χ3v) is 3.90. The Balaban J connectivity index is 1.76. The van der Waals surface area contributed by atoms with E-state index in [0.717, 1.165) is 4.90 Å². The number of nitrogens with zero attached hydrogens (tertiary/aromatic N) is 2. The monoisotopic (exact) mass is 346 g/mol. The SMILES string of the molecule is O=C1c2cccc([N+](=O)[O-])c2C(=O)N1CCOc1ccccc1Cl. The van der Waals surface area contributed by atoms with E-state index in [1.54, 1.807) is 24.3 Å². The number of hydrogen-bond acceptors (Lipinski definition) is 5. The number of carbonyl (C=O) groups is 2. The van der Waals surface area contributed by atoms with Gasteiger partial charge in [-0.2, -0.15) is 0 Å². The first-order valence-electron chi connectivity index (χ1n) is 7.01. The fourth-order valence-corrected chi connectivity index (χ4v) is 2.67. The largest absolute Gasteiger partial charge is 0.490 e. The van der Waals surface area contributed by atoms with E-state index in [-0.39, 0.29) is 30.0 Å². The van der Waals surface area contributed by atoms with Gasteiger partial charge in [0, 0.05) is 6.07 Å². The van der Waals surface area contributed by atoms with Crippen molar-refractivity contribution in [3.8, 4) is 5.75 Å². The Hall–Kier alpha value is -2.93. The minimum atomic E-state index is -0.690. The van der Waals surface area contributed by atoms with E-state index < -0.39 is 16.7 Å². The predicted molar refractivity (Wildman–Crippen MR) is 85.4 cm³/mol. The number of halogens is 1. The van der Waals surface area contributed by atoms with Crippen LogP contribution in [0.4, 0.5) is 5.69 Å². The van der Waals surface area contributed by atoms with Crippen LogP contribution in [-0.2, 0) is 0 Å². The second-order valence-corrected chi connectivity index (χ2v) is 5.40. The van der Waals surface area contributed by atoms with Gasteiger partial charge in [0.1, 0.15) is 17.9 Å². The molecule has 1 aliphatic rings. The molecule has 0 aliphatic carbocycles. The summed E-state index contributed by atoms with van der Waals surface area (Å²) in [6, 6.07) is 10.8. The number of carbonyl (C=O) groups excluding carboxylic acids is 2. The van der Waals surface area contributed by atoms with Gasteiger partial charge < -0.3 is 4.74 Å². The zero-order valence-electron chi connectivity index (χ0n) is 12.3. The number of fused-ring (bicyclic) bond motifs is 1. The lowest BCUT2D eigenvalue weighted by atomic mass is 10.1. The van der Waals surface area contributed by atoms with Crippen molar-refractivity contribution in [2.45, 2.75) is 0 Å². The van der Waals surface area contributed by atoms with Crippen LogP contribution in [-0.4, -0.2) is 34.8 Å². The highest BCUT2D eigenvalue weighted by atomic mass is 35.5. The maximum Gasteiger partial charge on any atom is 0.282 e. The molecule has 0 saturated carbocycles. The second kappa shape index (κ2) is 6.29. The molecule has 2 amide bonds. The van der Waals surface area contributed by atoms with Crippen molar-refractivity contribution in [3.63, 3.8) is 0 Å². The third-order valence-electron chi connectivity index (χ3n) is 3.58. The molecular weight excluding hydrogens is 336 g/mol. The second-order valence-electron chi connectivity index (χ2n) is 5.00. The maximum absolute atomic E-state index is 12.4. The highest BCUT2D eigenvalue weighted by Crippen LogP contribution is 2.30. The van der Waals surface area contributed by atoms with E-state index in [9.17, 15) is 19.7 Å². The first-order chi connectivity index (χ1) is 11.5. The maximum atomic E-state index is 12.4. The van der Waals surface area contributed by atoms with Gasteiger partial charge in [0.2, 0.25) is 0 Å². The van der Waals surface area contributed by atoms with Crippen molar-refractivity contribution in [3.05, 3.63) is 68.7 Å². The van der Waals surface area contributed by atoms with Crippen molar-refractivity contribution in [2.75, 3.05) is 13.2 Å². The Morgan fingerprint density at radius 3 is 2.54 bits per heavy atom. The molecule has 0 N–H and O–H groups in total. The lowest BCUT2D eigenvalue weighted by Gasteiger charge is -2.14. The highest BCUT2D eigenvalue weighted by Gasteiger charge is 2.40. The lowest BCUT2D eigenvalue weighted by molar-refractivity contribution is -0.385. The zero-order chi connectivity index (χ0) is 17.3. The Morgan fingerprint density at radius 2 is 1.83 bits per heavy atom. The van der Waals surface area contributed by atoms with Crippen LogP contribution in [0.2, 0.25) is 5.02 Å². The van der Waals surface area contributed by atoms with E-state index in [4.69, 9.17) is 16.3 Å². The molecule has 7 nitrogen and oxygen atoms in total. The topological polar surface area (TPSA) is 89.8 Å². The molecular formula is C16H11ClN2O5. The quantitative estimate of drug-likeness (QED) is 0.471. The van der Waals surface area contributed by atoms with Gasteiger partial charge in [-0.15, -0.1) is 0 Å². The van der Waals surface area contributed by atoms with E-state index in [2.05, 4.69) is 0 Å². The van der Waals surface area contributed by atoms with Gasteiger partial charge in [-0.25, -0.2) is 0 Å². The smallest absolute Gasteiger partial charge is 0.282 e. The van der Waals surface area contributed by atoms with Crippen molar-refractivity contribution in [1.82, 2.24) is 4.90 Å². The number of para-hydroxylation sites is 1. The number of hydrogen-bond donors (Lipinski definition) is 0. The van der Waals surface area contributed by atoms with Crippen LogP contribution in [0, 0.1) is 10.1 Å². The normalized spacial score (nSPS) is 13.1. The standard InChI is InChI=1S/C16H11ClN2O5/c17-11-5-1-2-7-13(11)24-9-8-18-15(20)10-4-3-6-12(19(22)23)14(10)16(18)21/h1-7H,8-9H2. The summed E-state index contributed by atoms with van der Waals surface area (Å²) in [7, 11) is 0. The lowest BCUT2D eigenvalue weighted by Crippen LogP contribution is -2.33. The van der Waals surface area contributed by atoms with Gasteiger partial charge in [-0.3, -0.25) is 24.6 Å². The van der Waals surface area contributed by atoms with E-state index >= 15 is 0 Å². The zero-order valence-corrected chi connectivity index (χ0v) is 13.0. The highest BCUT2D eigenvalue weighted by molar-refractivity contribution is 6.32. The third kappa shape index (κ3) is 2.69. The molecule has 2 aromatic rings. The number of ether oxygens (including phenoxy) is 1. The molecule has 0 saturated heterocycles. The fourth-order valence-electron chi connectivity index (χ4n) is 2.48. The van der Waals surface area contributed by atoms with Crippen LogP contribution in [0.25, 0.3) is 0 Å². The summed E-state index contributed by atoms with van der Waals surface area (Å²) >= 11 is 5.96. The van der Waals surface area contributed by atoms with Crippen molar-refractivity contribution in [1.29, 1.82) is 0 Å². The molecule has 1 heterocycles. The number of nitro benzene ring substituents is 1. The molecule has 0 radical (unpaired) electrons. The molecule has 0 bridgehead atoms. The van der Waals surface area contributed by atoms with Crippen LogP contribution in [0.15, 0.2) is 42.5 Å². The summed E-state index contributed by atoms with van der Waals surface area (Å²) in [5, 5.41) is 11.5. The summed E-state index contributed by atoms with van der Waals surface area (Å²) < 4.78 is 5.46. The number of amides is 2. The van der Waals surface area contributed by atoms with Crippen molar-refractivity contribution >= 4 is 29.1 Å². The molecule has 0 spiro atoms. The summed E-state index contributed by atoms with van der Waals surface area (Å²) in [5.74, 6) is -0.826. The molecule has 8 heteroatoms. The summed E-state index contributed by atoms with van der Waals surface area (Å²) in [5.41, 5.74) is -0.516. The predicted octanol–water partition coefficient (Wildman–Crippen LogP) is 2.92. The minimum Gasteiger partial charge on any atom is -0.490 e. The Labute approximate surface area is 141 Å². The first-order valence-corrected chi connectivity index (χ1v) is 7.39. The first kappa shape index (κ1) is 15.9. The van der Waals surface area contributed by atoms with Crippen LogP contribution >= 0.6 is 11.6 Å². The van der Waals surface area contributed by atoms with Gasteiger partial charge in [-0.1, -0.05) is 29.8 Å². The van der Waals surface area contributed by atoms with E-state index in [1.807, 2.05) is 0 Å². The fraction of sp³-hybridized carbons (Fsp3) is 0.125. The van der Waals surface area contributed by atoms with Gasteiger partial charge in [-0.05, 0) is 18.2 Å². The van der Waals surface area contributed by atoms with Crippen molar-refractivity contribution in [2.24, 2.45) is 0 Å². The van der Waals surface area contributed by atoms with Crippen molar-refractivity contribution < 1.29 is 19.2 Å². The number of rotatable bonds is 5. The number of nitro groups is 1. The van der Waals surface area contributed by atoms with E-state index in [0.29, 0.717) is 10.8 Å². The molecule has 1 aliphatic heterocycles. The van der Waals surface area contributed by atoms with E-state index in [1.165, 1.54) is 18.2 Å². The van der Waals surface area contributed by atoms with Crippen LogP contribution in [0.1, 0.15) is 20.7 Å². The van der Waals surface area contributed by atoms with Gasteiger partial charge in [0.05, 0.1) is 22.1 Å². The summed E-state index contributed by atoms with van der Waals surface area (Å²) in [4.78, 5) is 36.0. The molecule has 0 unspecified atom stereocenters. The average molecular weight is 347 g/mol. The van der Waals surface area contributed by atoms with Gasteiger partial charge in [0.15, 0.2) is 0 Å². The van der Waals surface area contributed by atoms with Crippen LogP contribution < -0.4 is 4.74 Å². The molecule has 0 atom stereocenters. The average Bonchev–Trinajstić information content (AvgIpc) is 2.81. The Morgan fingerprint density at radius 1 is 1.08 bits per heavy atom. The van der Waals surface area contributed by atoms with Gasteiger partial charge in [0.25, 0.3) is 17.5 Å². The van der Waals surface area contributed by atoms with Crippen LogP contribution in [0.5, 0.6) is 5.75 Å². The number of benzene rings is 2. The number of imide groups is 1. The molecule has 0 fully saturated rings. The van der Waals surface area contributed by atoms with Gasteiger partial charge >= 0.3 is 0 Å². The van der Waals surface area contributed by atoms with Crippen LogP contribution in [0.3, 0.4) is 0 Å². The Kier molecular flexibility index (Phi) is 4.18. The molecule has 0 aromatic heterocycles. The Bertz CT molecular complexity index is 852. The summed E-state index contributed by atoms with van der Waals surface area (Å²) in [6.07, 6.45) is 0. The molecule has 3 rings (SSSR count). The minimum absolute atomic E-state index is 0.0308. The molecule has 122 valence electrons. The summed E-state index contributed by atoms with van der Waals surface area (Å²) in [6.45, 7) is -0.00226.